The van der Waals surface area contributed by atoms with Crippen LogP contribution in [-0.4, -0.2) is 0 Å². The minimum atomic E-state index is -0.403. The summed E-state index contributed by atoms with van der Waals surface area (Å²) in [6.07, 6.45) is 0. The molecule has 0 aliphatic heterocycles. The number of rotatable bonds is 8. The molecule has 0 aromatic heterocycles. The van der Waals surface area contributed by atoms with Crippen molar-refractivity contribution in [2.45, 2.75) is 0 Å². The quantitative estimate of drug-likeness (QED) is 0.141. The van der Waals surface area contributed by atoms with Crippen molar-refractivity contribution in [2.24, 2.45) is 0 Å². The Balaban J connectivity index is 1.28. The maximum Gasteiger partial charge on any atom is 0.0645 e. The van der Waals surface area contributed by atoms with E-state index in [0.717, 1.165) is 49.4 Å². The van der Waals surface area contributed by atoms with Crippen molar-refractivity contribution < 1.29 is 11.0 Å². The van der Waals surface area contributed by atoms with E-state index >= 15 is 0 Å². The van der Waals surface area contributed by atoms with Gasteiger partial charge in [-0.3, -0.25) is 0 Å². The summed E-state index contributed by atoms with van der Waals surface area (Å²) in [7, 11) is 0. The molecule has 0 aliphatic carbocycles. The average Bonchev–Trinajstić information content (AvgIpc) is 3.35. The number of anilines is 3. The number of hydrogen-bond donors (Lipinski definition) is 0. The van der Waals surface area contributed by atoms with Crippen LogP contribution in [0.2, 0.25) is 0 Å². The molecule has 1 nitrogen and oxygen atoms in total. The molecule has 0 unspecified atom stereocenters. The summed E-state index contributed by atoms with van der Waals surface area (Å²) in [5.74, 6) is 0. The van der Waals surface area contributed by atoms with Crippen LogP contribution >= 0.6 is 0 Å². The first-order valence-corrected chi connectivity index (χ1v) is 19.0. The van der Waals surface area contributed by atoms with Gasteiger partial charge in [-0.2, -0.15) is 0 Å². The second kappa shape index (κ2) is 15.0. The molecule has 0 heterocycles. The van der Waals surface area contributed by atoms with Gasteiger partial charge in [-0.15, -0.1) is 0 Å². The summed E-state index contributed by atoms with van der Waals surface area (Å²) >= 11 is 0. The molecule has 0 bridgehead atoms. The highest BCUT2D eigenvalue weighted by molar-refractivity contribution is 6.13. The van der Waals surface area contributed by atoms with E-state index in [1.165, 1.54) is 4.90 Å². The highest BCUT2D eigenvalue weighted by Crippen LogP contribution is 2.46. The molecule has 0 saturated heterocycles. The highest BCUT2D eigenvalue weighted by Gasteiger charge is 2.20. The van der Waals surface area contributed by atoms with Gasteiger partial charge in [-0.05, 0) is 108 Å². The first-order valence-electron chi connectivity index (χ1n) is 23.0. The van der Waals surface area contributed by atoms with Crippen LogP contribution in [0.5, 0.6) is 0 Å². The average molecular weight is 734 g/mol. The first kappa shape index (κ1) is 26.3. The summed E-state index contributed by atoms with van der Waals surface area (Å²) in [5.41, 5.74) is 6.41. The van der Waals surface area contributed by atoms with Crippen molar-refractivity contribution in [2.75, 3.05) is 4.90 Å². The van der Waals surface area contributed by atoms with Gasteiger partial charge in [-0.1, -0.05) is 200 Å². The lowest BCUT2D eigenvalue weighted by Gasteiger charge is -2.29. The number of para-hydroxylation sites is 1. The van der Waals surface area contributed by atoms with Gasteiger partial charge >= 0.3 is 0 Å². The minimum Gasteiger partial charge on any atom is -0.310 e. The normalized spacial score (nSPS) is 13.1. The fourth-order valence-electron chi connectivity index (χ4n) is 7.77. The standard InChI is InChI=1S/C56H39N/c1-3-17-40(18-4-1)41-31-35-45(36-32-41)57(46-37-33-43(34-38-46)55-39-44-21-7-8-23-48(44)50-25-11-14-28-53(50)55)56-30-16-15-29-54(56)52-27-13-12-26-51(52)49-24-10-9-22-47(49)42-19-5-2-6-20-42/h1-39H/i31D,32D,33D,34D,35D,36D,37D,38D. The molecule has 0 atom stereocenters. The van der Waals surface area contributed by atoms with Crippen molar-refractivity contribution in [1.29, 1.82) is 0 Å². The largest absolute Gasteiger partial charge is 0.310 e. The molecule has 0 fully saturated rings. The smallest absolute Gasteiger partial charge is 0.0645 e. The Morgan fingerprint density at radius 2 is 0.719 bits per heavy atom. The van der Waals surface area contributed by atoms with Crippen molar-refractivity contribution in [1.82, 2.24) is 0 Å². The number of hydrogen-bond acceptors (Lipinski definition) is 1. The molecule has 0 aliphatic rings. The maximum absolute atomic E-state index is 9.87. The van der Waals surface area contributed by atoms with Gasteiger partial charge in [0.05, 0.1) is 16.7 Å². The molecular formula is C56H39N. The monoisotopic (exact) mass is 733 g/mol. The SMILES string of the molecule is [2H]c1c([2H])c(N(c2ccccc2-c2ccccc2-c2ccccc2-c2ccccc2)c2c([2H])c([2H])c(-c3cc4ccccc4c4ccccc34)c([2H])c2[2H])c([2H])c([2H])c1-c1ccccc1. The predicted octanol–water partition coefficient (Wildman–Crippen LogP) is 15.8. The molecule has 57 heavy (non-hydrogen) atoms. The van der Waals surface area contributed by atoms with E-state index in [4.69, 9.17) is 0 Å². The second-order valence-corrected chi connectivity index (χ2v) is 13.8. The fourth-order valence-corrected chi connectivity index (χ4v) is 7.77. The van der Waals surface area contributed by atoms with E-state index in [2.05, 4.69) is 24.3 Å². The second-order valence-electron chi connectivity index (χ2n) is 13.8. The van der Waals surface area contributed by atoms with Crippen LogP contribution in [-0.2, 0) is 0 Å². The summed E-state index contributed by atoms with van der Waals surface area (Å²) in [6, 6.07) is 56.9. The topological polar surface area (TPSA) is 3.24 Å². The molecule has 1 heteroatoms. The Morgan fingerprint density at radius 3 is 1.37 bits per heavy atom. The summed E-state index contributed by atoms with van der Waals surface area (Å²) in [4.78, 5) is 1.41. The van der Waals surface area contributed by atoms with Crippen molar-refractivity contribution in [3.63, 3.8) is 0 Å². The maximum atomic E-state index is 9.87. The molecule has 0 saturated carbocycles. The third-order valence-corrected chi connectivity index (χ3v) is 10.4. The molecule has 10 rings (SSSR count). The van der Waals surface area contributed by atoms with Gasteiger partial charge in [0.25, 0.3) is 0 Å². The van der Waals surface area contributed by atoms with Crippen LogP contribution in [0, 0.1) is 0 Å². The van der Waals surface area contributed by atoms with Gasteiger partial charge in [-0.25, -0.2) is 0 Å². The zero-order chi connectivity index (χ0) is 44.9. The zero-order valence-corrected chi connectivity index (χ0v) is 30.8. The van der Waals surface area contributed by atoms with Crippen molar-refractivity contribution >= 4 is 38.6 Å². The number of nitrogens with zero attached hydrogens (tertiary/aromatic N) is 1. The number of fused-ring (bicyclic) bond motifs is 3. The molecule has 268 valence electrons. The van der Waals surface area contributed by atoms with Crippen molar-refractivity contribution in [3.8, 4) is 55.6 Å². The van der Waals surface area contributed by atoms with Gasteiger partial charge in [0.15, 0.2) is 0 Å². The van der Waals surface area contributed by atoms with Gasteiger partial charge in [0, 0.05) is 16.9 Å². The third-order valence-electron chi connectivity index (χ3n) is 10.4. The van der Waals surface area contributed by atoms with E-state index in [-0.39, 0.29) is 46.7 Å². The third kappa shape index (κ3) is 6.46. The summed E-state index contributed by atoms with van der Waals surface area (Å²) < 4.78 is 77.4. The molecule has 10 aromatic rings. The van der Waals surface area contributed by atoms with Crippen LogP contribution in [0.4, 0.5) is 17.1 Å². The van der Waals surface area contributed by atoms with Crippen LogP contribution in [0.1, 0.15) is 11.0 Å². The molecule has 0 amide bonds. The van der Waals surface area contributed by atoms with E-state index in [1.54, 1.807) is 36.4 Å². The van der Waals surface area contributed by atoms with Crippen LogP contribution in [0.15, 0.2) is 236 Å². The summed E-state index contributed by atoms with van der Waals surface area (Å²) in [6.45, 7) is 0. The van der Waals surface area contributed by atoms with E-state index in [1.807, 2.05) is 127 Å². The highest BCUT2D eigenvalue weighted by atomic mass is 15.1. The van der Waals surface area contributed by atoms with Crippen LogP contribution in [0.3, 0.4) is 0 Å². The Kier molecular flexibility index (Phi) is 6.92. The van der Waals surface area contributed by atoms with Crippen LogP contribution < -0.4 is 4.90 Å². The zero-order valence-electron chi connectivity index (χ0n) is 38.8. The lowest BCUT2D eigenvalue weighted by molar-refractivity contribution is 1.28. The van der Waals surface area contributed by atoms with E-state index < -0.39 is 24.2 Å². The van der Waals surface area contributed by atoms with E-state index in [0.29, 0.717) is 22.4 Å². The predicted molar refractivity (Wildman–Crippen MR) is 243 cm³/mol. The molecular weight excluding hydrogens is 687 g/mol. The lowest BCUT2D eigenvalue weighted by atomic mass is 9.88. The lowest BCUT2D eigenvalue weighted by Crippen LogP contribution is -2.11. The Labute approximate surface area is 345 Å². The van der Waals surface area contributed by atoms with Crippen LogP contribution in [0.25, 0.3) is 77.2 Å². The number of benzene rings is 10. The molecule has 10 aromatic carbocycles. The molecule has 0 N–H and O–H groups in total. The molecule has 0 spiro atoms. The first-order chi connectivity index (χ1) is 31.7. The molecule has 0 radical (unpaired) electrons. The Hall–Kier alpha value is -7.48. The van der Waals surface area contributed by atoms with Crippen molar-refractivity contribution in [3.05, 3.63) is 236 Å². The Bertz CT molecular complexity index is 3420. The van der Waals surface area contributed by atoms with Gasteiger partial charge in [0.2, 0.25) is 0 Å². The Morgan fingerprint density at radius 1 is 0.281 bits per heavy atom. The minimum absolute atomic E-state index is 0.110. The van der Waals surface area contributed by atoms with Gasteiger partial charge < -0.3 is 4.90 Å². The summed E-state index contributed by atoms with van der Waals surface area (Å²) in [5, 5.41) is 3.56. The van der Waals surface area contributed by atoms with Gasteiger partial charge in [0.1, 0.15) is 0 Å². The fraction of sp³-hybridized carbons (Fsp3) is 0. The van der Waals surface area contributed by atoms with E-state index in [9.17, 15) is 11.0 Å².